The second-order valence-electron chi connectivity index (χ2n) is 4.44. The lowest BCUT2D eigenvalue weighted by Gasteiger charge is -2.15. The molecule has 2 N–H and O–H groups in total. The van der Waals surface area contributed by atoms with Crippen LogP contribution in [0, 0.1) is 0 Å². The summed E-state index contributed by atoms with van der Waals surface area (Å²) in [4.78, 5) is 11.2. The zero-order valence-electron chi connectivity index (χ0n) is 11.3. The molecule has 0 spiro atoms. The van der Waals surface area contributed by atoms with Crippen LogP contribution in [-0.4, -0.2) is 37.5 Å². The molecule has 0 amide bonds. The van der Waals surface area contributed by atoms with Gasteiger partial charge < -0.3 is 5.11 Å². The number of carboxylic acid groups (broad SMARTS) is 1. The Kier molecular flexibility index (Phi) is 4.87. The molecule has 0 saturated heterocycles. The van der Waals surface area contributed by atoms with Gasteiger partial charge in [0.1, 0.15) is 6.04 Å². The van der Waals surface area contributed by atoms with Crippen LogP contribution in [0.25, 0.3) is 10.8 Å². The second kappa shape index (κ2) is 6.46. The summed E-state index contributed by atoms with van der Waals surface area (Å²) in [5, 5.41) is 10.4. The van der Waals surface area contributed by atoms with Gasteiger partial charge in [-0.05, 0) is 17.7 Å². The first-order chi connectivity index (χ1) is 9.95. The van der Waals surface area contributed by atoms with Gasteiger partial charge in [0.05, 0.1) is 4.90 Å². The maximum atomic E-state index is 12.5. The Morgan fingerprint density at radius 3 is 2.57 bits per heavy atom. The molecule has 0 unspecified atom stereocenters. The normalized spacial score (nSPS) is 13.2. The fraction of sp³-hybridized carbons (Fsp3) is 0.214. The summed E-state index contributed by atoms with van der Waals surface area (Å²) in [5.74, 6) is -1.02. The van der Waals surface area contributed by atoms with Crippen molar-refractivity contribution in [1.29, 1.82) is 0 Å². The Hall–Kier alpha value is -1.57. The highest BCUT2D eigenvalue weighted by Gasteiger charge is 2.26. The van der Waals surface area contributed by atoms with Gasteiger partial charge in [-0.1, -0.05) is 36.4 Å². The summed E-state index contributed by atoms with van der Waals surface area (Å²) < 4.78 is 27.2. The molecule has 0 aromatic heterocycles. The molecule has 2 rings (SSSR count). The van der Waals surface area contributed by atoms with Crippen molar-refractivity contribution >= 4 is 38.5 Å². The van der Waals surface area contributed by atoms with Crippen molar-refractivity contribution in [2.24, 2.45) is 0 Å². The zero-order valence-corrected chi connectivity index (χ0v) is 12.9. The van der Waals surface area contributed by atoms with Crippen LogP contribution in [0.2, 0.25) is 0 Å². The van der Waals surface area contributed by atoms with Crippen molar-refractivity contribution < 1.29 is 18.3 Å². The van der Waals surface area contributed by atoms with Crippen LogP contribution < -0.4 is 4.72 Å². The van der Waals surface area contributed by atoms with Crippen LogP contribution in [0.3, 0.4) is 0 Å². The first kappa shape index (κ1) is 15.8. The van der Waals surface area contributed by atoms with Gasteiger partial charge in [-0.25, -0.2) is 8.42 Å². The molecule has 0 heterocycles. The number of carboxylic acids is 1. The largest absolute Gasteiger partial charge is 0.480 e. The summed E-state index contributed by atoms with van der Waals surface area (Å²) in [6.45, 7) is 0. The minimum atomic E-state index is -3.90. The van der Waals surface area contributed by atoms with E-state index in [4.69, 9.17) is 5.11 Å². The first-order valence-corrected chi connectivity index (χ1v) is 9.05. The van der Waals surface area contributed by atoms with Crippen molar-refractivity contribution in [1.82, 2.24) is 4.72 Å². The Morgan fingerprint density at radius 2 is 1.90 bits per heavy atom. The molecule has 1 atom stereocenters. The molecule has 21 heavy (non-hydrogen) atoms. The lowest BCUT2D eigenvalue weighted by molar-refractivity contribution is -0.138. The fourth-order valence-corrected chi connectivity index (χ4v) is 4.09. The van der Waals surface area contributed by atoms with Crippen molar-refractivity contribution in [2.45, 2.75) is 10.9 Å². The van der Waals surface area contributed by atoms with E-state index in [2.05, 4.69) is 4.72 Å². The molecule has 0 aliphatic carbocycles. The molecule has 7 heteroatoms. The molecule has 0 aliphatic rings. The van der Waals surface area contributed by atoms with Gasteiger partial charge in [0.15, 0.2) is 0 Å². The predicted molar refractivity (Wildman–Crippen MR) is 84.1 cm³/mol. The van der Waals surface area contributed by atoms with Gasteiger partial charge in [-0.15, -0.1) is 0 Å². The quantitative estimate of drug-likeness (QED) is 0.848. The third kappa shape index (κ3) is 3.55. The number of carbonyl (C=O) groups is 1. The number of thioether (sulfide) groups is 1. The summed E-state index contributed by atoms with van der Waals surface area (Å²) in [6, 6.07) is 10.9. The SMILES string of the molecule is CSC[C@H](NS(=O)(=O)c1cccc2ccccc12)C(=O)O. The Bertz CT molecular complexity index is 753. The molecule has 0 radical (unpaired) electrons. The standard InChI is InChI=1S/C14H15NO4S2/c1-20-9-12(14(16)17)15-21(18,19)13-8-4-6-10-5-2-3-7-11(10)13/h2-8,12,15H,9H2,1H3,(H,16,17)/t12-/m0/s1. The molecule has 2 aromatic carbocycles. The number of nitrogens with one attached hydrogen (secondary N) is 1. The number of sulfonamides is 1. The summed E-state index contributed by atoms with van der Waals surface area (Å²) in [5.41, 5.74) is 0. The number of hydrogen-bond donors (Lipinski definition) is 2. The molecule has 112 valence electrons. The maximum Gasteiger partial charge on any atom is 0.322 e. The Balaban J connectivity index is 2.44. The number of rotatable bonds is 6. The van der Waals surface area contributed by atoms with Crippen LogP contribution in [0.1, 0.15) is 0 Å². The van der Waals surface area contributed by atoms with Gasteiger partial charge in [0.2, 0.25) is 10.0 Å². The van der Waals surface area contributed by atoms with E-state index >= 15 is 0 Å². The molecular formula is C14H15NO4S2. The van der Waals surface area contributed by atoms with Crippen molar-refractivity contribution in [3.05, 3.63) is 42.5 Å². The molecule has 0 fully saturated rings. The van der Waals surface area contributed by atoms with Crippen LogP contribution in [0.5, 0.6) is 0 Å². The van der Waals surface area contributed by atoms with Crippen LogP contribution in [0.4, 0.5) is 0 Å². The highest BCUT2D eigenvalue weighted by atomic mass is 32.2. The molecule has 0 aliphatic heterocycles. The zero-order chi connectivity index (χ0) is 15.5. The van der Waals surface area contributed by atoms with E-state index in [1.54, 1.807) is 24.5 Å². The highest BCUT2D eigenvalue weighted by Crippen LogP contribution is 2.23. The number of hydrogen-bond acceptors (Lipinski definition) is 4. The molecule has 0 saturated carbocycles. The minimum absolute atomic E-state index is 0.0907. The highest BCUT2D eigenvalue weighted by molar-refractivity contribution is 7.98. The Morgan fingerprint density at radius 1 is 1.24 bits per heavy atom. The average molecular weight is 325 g/mol. The Labute approximate surface area is 127 Å². The summed E-state index contributed by atoms with van der Waals surface area (Å²) >= 11 is 1.27. The first-order valence-electron chi connectivity index (χ1n) is 6.17. The number of benzene rings is 2. The summed E-state index contributed by atoms with van der Waals surface area (Å²) in [7, 11) is -3.90. The third-order valence-electron chi connectivity index (χ3n) is 2.97. The van der Waals surface area contributed by atoms with Gasteiger partial charge in [0.25, 0.3) is 0 Å². The van der Waals surface area contributed by atoms with E-state index in [1.165, 1.54) is 17.8 Å². The van der Waals surface area contributed by atoms with Gasteiger partial charge in [0, 0.05) is 11.1 Å². The minimum Gasteiger partial charge on any atom is -0.480 e. The van der Waals surface area contributed by atoms with E-state index in [1.807, 2.05) is 18.2 Å². The van der Waals surface area contributed by atoms with Gasteiger partial charge in [-0.2, -0.15) is 16.5 Å². The number of fused-ring (bicyclic) bond motifs is 1. The molecule has 5 nitrogen and oxygen atoms in total. The fourth-order valence-electron chi connectivity index (χ4n) is 2.00. The van der Waals surface area contributed by atoms with Crippen LogP contribution in [0.15, 0.2) is 47.4 Å². The third-order valence-corrected chi connectivity index (χ3v) is 5.16. The number of aliphatic carboxylic acids is 1. The molecular weight excluding hydrogens is 310 g/mol. The van der Waals surface area contributed by atoms with Crippen LogP contribution in [-0.2, 0) is 14.8 Å². The van der Waals surface area contributed by atoms with E-state index < -0.39 is 22.0 Å². The van der Waals surface area contributed by atoms with Gasteiger partial charge >= 0.3 is 5.97 Å². The predicted octanol–water partition coefficient (Wildman–Crippen LogP) is 1.93. The van der Waals surface area contributed by atoms with E-state index in [0.717, 1.165) is 5.39 Å². The molecule has 2 aromatic rings. The smallest absolute Gasteiger partial charge is 0.322 e. The lowest BCUT2D eigenvalue weighted by Crippen LogP contribution is -2.42. The second-order valence-corrected chi connectivity index (χ2v) is 7.04. The van der Waals surface area contributed by atoms with Crippen molar-refractivity contribution in [3.63, 3.8) is 0 Å². The monoisotopic (exact) mass is 325 g/mol. The van der Waals surface area contributed by atoms with E-state index in [9.17, 15) is 13.2 Å². The van der Waals surface area contributed by atoms with E-state index in [0.29, 0.717) is 5.39 Å². The summed E-state index contributed by atoms with van der Waals surface area (Å²) in [6.07, 6.45) is 1.72. The van der Waals surface area contributed by atoms with Crippen molar-refractivity contribution in [3.8, 4) is 0 Å². The lowest BCUT2D eigenvalue weighted by atomic mass is 10.1. The molecule has 0 bridgehead atoms. The van der Waals surface area contributed by atoms with Gasteiger partial charge in [-0.3, -0.25) is 4.79 Å². The topological polar surface area (TPSA) is 83.5 Å². The van der Waals surface area contributed by atoms with Crippen LogP contribution >= 0.6 is 11.8 Å². The maximum absolute atomic E-state index is 12.5. The van der Waals surface area contributed by atoms with Crippen molar-refractivity contribution in [2.75, 3.05) is 12.0 Å². The average Bonchev–Trinajstić information content (AvgIpc) is 2.46. The van der Waals surface area contributed by atoms with E-state index in [-0.39, 0.29) is 10.6 Å².